The summed E-state index contributed by atoms with van der Waals surface area (Å²) in [5.74, 6) is 1.11. The van der Waals surface area contributed by atoms with Gasteiger partial charge in [0.25, 0.3) is 0 Å². The first-order valence-electron chi connectivity index (χ1n) is 6.23. The highest BCUT2D eigenvalue weighted by Gasteiger charge is 2.10. The summed E-state index contributed by atoms with van der Waals surface area (Å²) < 4.78 is 6.69. The average Bonchev–Trinajstić information content (AvgIpc) is 2.39. The summed E-state index contributed by atoms with van der Waals surface area (Å²) in [6.45, 7) is 1.96. The highest BCUT2D eigenvalue weighted by Crippen LogP contribution is 2.37. The molecular formula is C15H13BrCl3NO. The highest BCUT2D eigenvalue weighted by atomic mass is 79.9. The number of hydrogen-bond donors (Lipinski definition) is 1. The Hall–Kier alpha value is -0.450. The molecule has 2 aromatic rings. The van der Waals surface area contributed by atoms with Crippen LogP contribution in [-0.2, 0) is 6.42 Å². The van der Waals surface area contributed by atoms with Crippen LogP contribution in [0.1, 0.15) is 12.5 Å². The van der Waals surface area contributed by atoms with E-state index in [1.165, 1.54) is 0 Å². The summed E-state index contributed by atoms with van der Waals surface area (Å²) in [4.78, 5) is 0. The Morgan fingerprint density at radius 1 is 1.10 bits per heavy atom. The Bertz CT molecular complexity index is 662. The maximum atomic E-state index is 6.09. The first-order chi connectivity index (χ1) is 9.86. The first-order valence-corrected chi connectivity index (χ1v) is 8.16. The van der Waals surface area contributed by atoms with Crippen molar-refractivity contribution < 1.29 is 4.74 Å². The zero-order valence-electron chi connectivity index (χ0n) is 11.2. The first kappa shape index (κ1) is 16.9. The molecule has 21 heavy (non-hydrogen) atoms. The third-order valence-electron chi connectivity index (χ3n) is 2.77. The van der Waals surface area contributed by atoms with E-state index in [2.05, 4.69) is 15.9 Å². The van der Waals surface area contributed by atoms with Gasteiger partial charge in [0.2, 0.25) is 0 Å². The second-order valence-corrected chi connectivity index (χ2v) is 6.81. The van der Waals surface area contributed by atoms with Gasteiger partial charge < -0.3 is 10.5 Å². The summed E-state index contributed by atoms with van der Waals surface area (Å²) in [5, 5.41) is 1.19. The molecule has 6 heteroatoms. The maximum absolute atomic E-state index is 6.09. The van der Waals surface area contributed by atoms with Gasteiger partial charge in [-0.25, -0.2) is 0 Å². The minimum absolute atomic E-state index is 0.0950. The lowest BCUT2D eigenvalue weighted by molar-refractivity contribution is 0.482. The van der Waals surface area contributed by atoms with E-state index in [0.29, 0.717) is 26.6 Å². The number of hydrogen-bond acceptors (Lipinski definition) is 2. The average molecular weight is 410 g/mol. The molecule has 0 saturated carbocycles. The maximum Gasteiger partial charge on any atom is 0.147 e. The van der Waals surface area contributed by atoms with E-state index in [-0.39, 0.29) is 6.04 Å². The third kappa shape index (κ3) is 4.51. The molecule has 0 spiro atoms. The summed E-state index contributed by atoms with van der Waals surface area (Å²) in [7, 11) is 0. The van der Waals surface area contributed by atoms with Gasteiger partial charge in [0, 0.05) is 16.6 Å². The van der Waals surface area contributed by atoms with Crippen LogP contribution >= 0.6 is 50.7 Å². The van der Waals surface area contributed by atoms with Crippen molar-refractivity contribution in [3.63, 3.8) is 0 Å². The van der Waals surface area contributed by atoms with Crippen LogP contribution in [0.25, 0.3) is 0 Å². The molecular weight excluding hydrogens is 396 g/mol. The molecule has 0 aromatic heterocycles. The van der Waals surface area contributed by atoms with E-state index in [1.54, 1.807) is 12.1 Å². The number of rotatable bonds is 4. The van der Waals surface area contributed by atoms with Crippen molar-refractivity contribution in [1.82, 2.24) is 0 Å². The minimum atomic E-state index is 0.0950. The molecule has 112 valence electrons. The Morgan fingerprint density at radius 2 is 1.76 bits per heavy atom. The van der Waals surface area contributed by atoms with Crippen molar-refractivity contribution in [3.8, 4) is 11.5 Å². The zero-order valence-corrected chi connectivity index (χ0v) is 15.0. The molecule has 0 aliphatic rings. The van der Waals surface area contributed by atoms with Gasteiger partial charge in [-0.05, 0) is 37.1 Å². The second-order valence-electron chi connectivity index (χ2n) is 4.73. The van der Waals surface area contributed by atoms with Crippen molar-refractivity contribution in [2.45, 2.75) is 19.4 Å². The lowest BCUT2D eigenvalue weighted by Gasteiger charge is -2.12. The number of benzene rings is 2. The van der Waals surface area contributed by atoms with Gasteiger partial charge in [0.05, 0.1) is 15.1 Å². The van der Waals surface area contributed by atoms with Crippen LogP contribution in [0, 0.1) is 0 Å². The number of nitrogens with two attached hydrogens (primary N) is 1. The zero-order chi connectivity index (χ0) is 15.6. The molecule has 0 radical (unpaired) electrons. The van der Waals surface area contributed by atoms with Crippen LogP contribution in [0.3, 0.4) is 0 Å². The monoisotopic (exact) mass is 407 g/mol. The third-order valence-corrected chi connectivity index (χ3v) is 4.52. The van der Waals surface area contributed by atoms with Gasteiger partial charge in [0.15, 0.2) is 0 Å². The van der Waals surface area contributed by atoms with Crippen LogP contribution in [0.2, 0.25) is 15.1 Å². The molecule has 0 bridgehead atoms. The largest absolute Gasteiger partial charge is 0.456 e. The van der Waals surface area contributed by atoms with Gasteiger partial charge in [0.1, 0.15) is 11.5 Å². The fourth-order valence-electron chi connectivity index (χ4n) is 1.81. The topological polar surface area (TPSA) is 35.2 Å². The number of halogens is 4. The van der Waals surface area contributed by atoms with Gasteiger partial charge in [-0.1, -0.05) is 56.8 Å². The lowest BCUT2D eigenvalue weighted by atomic mass is 10.1. The van der Waals surface area contributed by atoms with Crippen molar-refractivity contribution in [1.29, 1.82) is 0 Å². The quantitative estimate of drug-likeness (QED) is 0.620. The van der Waals surface area contributed by atoms with E-state index in [4.69, 9.17) is 45.3 Å². The SMILES string of the molecule is CC(N)Cc1ccc(Oc2cc(Cl)c(Cl)cc2Cl)cc1Br. The number of ether oxygens (including phenoxy) is 1. The molecule has 2 rings (SSSR count). The van der Waals surface area contributed by atoms with Crippen molar-refractivity contribution >= 4 is 50.7 Å². The molecule has 1 unspecified atom stereocenters. The fraction of sp³-hybridized carbons (Fsp3) is 0.200. The van der Waals surface area contributed by atoms with E-state index >= 15 is 0 Å². The molecule has 0 aliphatic carbocycles. The van der Waals surface area contributed by atoms with Crippen molar-refractivity contribution in [2.75, 3.05) is 0 Å². The standard InChI is InChI=1S/C15H13BrCl3NO/c1-8(20)4-9-2-3-10(5-11(9)16)21-15-7-13(18)12(17)6-14(15)19/h2-3,5-8H,4,20H2,1H3. The summed E-state index contributed by atoms with van der Waals surface area (Å²) >= 11 is 21.5. The predicted molar refractivity (Wildman–Crippen MR) is 93.0 cm³/mol. The Morgan fingerprint density at radius 3 is 2.38 bits per heavy atom. The molecule has 2 nitrogen and oxygen atoms in total. The summed E-state index contributed by atoms with van der Waals surface area (Å²) in [6.07, 6.45) is 0.786. The van der Waals surface area contributed by atoms with Crippen LogP contribution in [0.15, 0.2) is 34.8 Å². The molecule has 0 heterocycles. The van der Waals surface area contributed by atoms with Crippen molar-refractivity contribution in [3.05, 3.63) is 55.4 Å². The Balaban J connectivity index is 2.24. The van der Waals surface area contributed by atoms with E-state index in [9.17, 15) is 0 Å². The molecule has 1 atom stereocenters. The minimum Gasteiger partial charge on any atom is -0.456 e. The molecule has 0 amide bonds. The highest BCUT2D eigenvalue weighted by molar-refractivity contribution is 9.10. The molecule has 2 aromatic carbocycles. The van der Waals surface area contributed by atoms with Crippen LogP contribution in [0.5, 0.6) is 11.5 Å². The van der Waals surface area contributed by atoms with Crippen LogP contribution < -0.4 is 10.5 Å². The van der Waals surface area contributed by atoms with Crippen LogP contribution in [0.4, 0.5) is 0 Å². The molecule has 0 saturated heterocycles. The van der Waals surface area contributed by atoms with E-state index in [0.717, 1.165) is 16.5 Å². The second kappa shape index (κ2) is 7.21. The van der Waals surface area contributed by atoms with Gasteiger partial charge in [-0.15, -0.1) is 0 Å². The van der Waals surface area contributed by atoms with Gasteiger partial charge in [-0.2, -0.15) is 0 Å². The summed E-state index contributed by atoms with van der Waals surface area (Å²) in [6, 6.07) is 8.94. The van der Waals surface area contributed by atoms with E-state index in [1.807, 2.05) is 25.1 Å². The lowest BCUT2D eigenvalue weighted by Crippen LogP contribution is -2.17. The van der Waals surface area contributed by atoms with Crippen molar-refractivity contribution in [2.24, 2.45) is 5.73 Å². The molecule has 0 fully saturated rings. The van der Waals surface area contributed by atoms with E-state index < -0.39 is 0 Å². The smallest absolute Gasteiger partial charge is 0.147 e. The molecule has 2 N–H and O–H groups in total. The fourth-order valence-corrected chi connectivity index (χ4v) is 2.91. The van der Waals surface area contributed by atoms with Gasteiger partial charge >= 0.3 is 0 Å². The predicted octanol–water partition coefficient (Wildman–Crippen LogP) is 6.09. The molecule has 0 aliphatic heterocycles. The normalized spacial score (nSPS) is 12.3. The van der Waals surface area contributed by atoms with Crippen LogP contribution in [-0.4, -0.2) is 6.04 Å². The van der Waals surface area contributed by atoms with Gasteiger partial charge in [-0.3, -0.25) is 0 Å². The Kier molecular flexibility index (Phi) is 5.81. The Labute approximate surface area is 147 Å². The summed E-state index contributed by atoms with van der Waals surface area (Å²) in [5.41, 5.74) is 6.93.